The minimum Gasteiger partial charge on any atom is -0.495 e. The predicted molar refractivity (Wildman–Crippen MR) is 75.9 cm³/mol. The van der Waals surface area contributed by atoms with Gasteiger partial charge >= 0.3 is 0 Å². The van der Waals surface area contributed by atoms with Gasteiger partial charge in [0.15, 0.2) is 0 Å². The molecule has 110 valence electrons. The Bertz CT molecular complexity index is 449. The van der Waals surface area contributed by atoms with Crippen molar-refractivity contribution in [2.24, 2.45) is 5.73 Å². The molecule has 1 amide bonds. The van der Waals surface area contributed by atoms with Crippen LogP contribution >= 0.6 is 0 Å². The van der Waals surface area contributed by atoms with Crippen molar-refractivity contribution in [2.75, 3.05) is 13.7 Å². The van der Waals surface area contributed by atoms with Crippen LogP contribution < -0.4 is 15.9 Å². The molecule has 6 heteroatoms. The van der Waals surface area contributed by atoms with Gasteiger partial charge in [0.1, 0.15) is 5.75 Å². The summed E-state index contributed by atoms with van der Waals surface area (Å²) >= 11 is 0. The van der Waals surface area contributed by atoms with Gasteiger partial charge in [-0.25, -0.2) is 5.01 Å². The molecule has 2 heterocycles. The largest absolute Gasteiger partial charge is 0.495 e. The van der Waals surface area contributed by atoms with Gasteiger partial charge in [-0.15, -0.1) is 0 Å². The van der Waals surface area contributed by atoms with Gasteiger partial charge in [0.25, 0.3) is 0 Å². The lowest BCUT2D eigenvalue weighted by Gasteiger charge is -2.38. The van der Waals surface area contributed by atoms with Gasteiger partial charge in [-0.05, 0) is 25.0 Å². The molecule has 0 bridgehead atoms. The quantitative estimate of drug-likeness (QED) is 0.858. The van der Waals surface area contributed by atoms with E-state index in [1.165, 1.54) is 0 Å². The Morgan fingerprint density at radius 1 is 1.60 bits per heavy atom. The first-order chi connectivity index (χ1) is 9.65. The van der Waals surface area contributed by atoms with Crippen molar-refractivity contribution in [2.45, 2.75) is 38.3 Å². The molecule has 0 aliphatic carbocycles. The topological polar surface area (TPSA) is 80.5 Å². The molecule has 0 saturated carbocycles. The van der Waals surface area contributed by atoms with E-state index in [0.29, 0.717) is 6.42 Å². The third kappa shape index (κ3) is 3.26. The lowest BCUT2D eigenvalue weighted by Crippen LogP contribution is -2.57. The van der Waals surface area contributed by atoms with Crippen LogP contribution in [-0.4, -0.2) is 35.7 Å². The van der Waals surface area contributed by atoms with E-state index in [2.05, 4.69) is 10.4 Å². The Balaban J connectivity index is 2.08. The molecular formula is C14H22N4O2. The van der Waals surface area contributed by atoms with Crippen molar-refractivity contribution in [3.8, 4) is 5.75 Å². The molecule has 1 aromatic rings. The summed E-state index contributed by atoms with van der Waals surface area (Å²) in [5, 5.41) is 1.83. The van der Waals surface area contributed by atoms with Crippen molar-refractivity contribution < 1.29 is 9.53 Å². The molecule has 1 aliphatic rings. The zero-order valence-corrected chi connectivity index (χ0v) is 12.0. The lowest BCUT2D eigenvalue weighted by atomic mass is 9.92. The van der Waals surface area contributed by atoms with Crippen molar-refractivity contribution in [1.29, 1.82) is 0 Å². The first-order valence-electron chi connectivity index (χ1n) is 6.97. The van der Waals surface area contributed by atoms with Gasteiger partial charge < -0.3 is 10.5 Å². The number of amides is 1. The third-order valence-corrected chi connectivity index (χ3v) is 3.65. The minimum atomic E-state index is -0.250. The summed E-state index contributed by atoms with van der Waals surface area (Å²) in [6.07, 6.45) is 3.86. The number of piperidine rings is 1. The molecule has 20 heavy (non-hydrogen) atoms. The van der Waals surface area contributed by atoms with E-state index < -0.39 is 0 Å². The maximum Gasteiger partial charge on any atom is 0.234 e. The lowest BCUT2D eigenvalue weighted by molar-refractivity contribution is -0.127. The molecule has 0 spiro atoms. The normalized spacial score (nSPS) is 23.4. The number of ether oxygens (including phenoxy) is 1. The molecule has 1 saturated heterocycles. The van der Waals surface area contributed by atoms with Crippen LogP contribution in [0.3, 0.4) is 0 Å². The SMILES string of the molecule is CCC(=O)NN1CCCC(c2ccc(OC)cn2)C1N. The molecule has 0 aromatic carbocycles. The number of hydrogen-bond donors (Lipinski definition) is 2. The average molecular weight is 278 g/mol. The second kappa shape index (κ2) is 6.67. The molecule has 2 atom stereocenters. The number of nitrogens with two attached hydrogens (primary N) is 1. The number of carbonyl (C=O) groups is 1. The summed E-state index contributed by atoms with van der Waals surface area (Å²) in [5.41, 5.74) is 10.1. The van der Waals surface area contributed by atoms with Crippen molar-refractivity contribution in [3.63, 3.8) is 0 Å². The van der Waals surface area contributed by atoms with Crippen LogP contribution in [0.1, 0.15) is 37.8 Å². The van der Waals surface area contributed by atoms with Gasteiger partial charge in [0.2, 0.25) is 5.91 Å². The van der Waals surface area contributed by atoms with Gasteiger partial charge in [-0.1, -0.05) is 6.92 Å². The number of nitrogens with one attached hydrogen (secondary N) is 1. The molecular weight excluding hydrogens is 256 g/mol. The number of hydrogen-bond acceptors (Lipinski definition) is 5. The van der Waals surface area contributed by atoms with Crippen molar-refractivity contribution >= 4 is 5.91 Å². The van der Waals surface area contributed by atoms with E-state index in [0.717, 1.165) is 30.8 Å². The predicted octanol–water partition coefficient (Wildman–Crippen LogP) is 0.996. The Labute approximate surface area is 119 Å². The average Bonchev–Trinajstić information content (AvgIpc) is 2.49. The summed E-state index contributed by atoms with van der Waals surface area (Å²) in [6, 6.07) is 3.83. The Kier molecular flexibility index (Phi) is 4.92. The summed E-state index contributed by atoms with van der Waals surface area (Å²) in [4.78, 5) is 15.9. The van der Waals surface area contributed by atoms with Crippen LogP contribution in [0.15, 0.2) is 18.3 Å². The zero-order valence-electron chi connectivity index (χ0n) is 12.0. The summed E-state index contributed by atoms with van der Waals surface area (Å²) in [6.45, 7) is 2.60. The molecule has 1 aromatic heterocycles. The fraction of sp³-hybridized carbons (Fsp3) is 0.571. The van der Waals surface area contributed by atoms with E-state index in [1.807, 2.05) is 24.1 Å². The molecule has 1 fully saturated rings. The van der Waals surface area contributed by atoms with Gasteiger partial charge in [-0.2, -0.15) is 0 Å². The number of rotatable bonds is 4. The van der Waals surface area contributed by atoms with Crippen molar-refractivity contribution in [3.05, 3.63) is 24.0 Å². The van der Waals surface area contributed by atoms with Crippen LogP contribution in [-0.2, 0) is 4.79 Å². The fourth-order valence-electron chi connectivity index (χ4n) is 2.44. The van der Waals surface area contributed by atoms with Crippen LogP contribution in [0.4, 0.5) is 0 Å². The van der Waals surface area contributed by atoms with E-state index >= 15 is 0 Å². The molecule has 6 nitrogen and oxygen atoms in total. The smallest absolute Gasteiger partial charge is 0.234 e. The minimum absolute atomic E-state index is 0.0104. The maximum atomic E-state index is 11.5. The zero-order chi connectivity index (χ0) is 14.5. The Morgan fingerprint density at radius 2 is 2.40 bits per heavy atom. The van der Waals surface area contributed by atoms with Gasteiger partial charge in [-0.3, -0.25) is 15.2 Å². The Morgan fingerprint density at radius 3 is 3.00 bits per heavy atom. The monoisotopic (exact) mass is 278 g/mol. The van der Waals surface area contributed by atoms with Crippen LogP contribution in [0.2, 0.25) is 0 Å². The Hall–Kier alpha value is -1.66. The second-order valence-corrected chi connectivity index (χ2v) is 4.94. The summed E-state index contributed by atoms with van der Waals surface area (Å²) in [5.74, 6) is 0.838. The number of methoxy groups -OCH3 is 1. The number of pyridine rings is 1. The van der Waals surface area contributed by atoms with E-state index in [9.17, 15) is 4.79 Å². The van der Waals surface area contributed by atoms with Crippen LogP contribution in [0, 0.1) is 0 Å². The second-order valence-electron chi connectivity index (χ2n) is 4.94. The molecule has 2 unspecified atom stereocenters. The first-order valence-corrected chi connectivity index (χ1v) is 6.97. The van der Waals surface area contributed by atoms with Gasteiger partial charge in [0.05, 0.1) is 19.5 Å². The molecule has 1 aliphatic heterocycles. The third-order valence-electron chi connectivity index (χ3n) is 3.65. The van der Waals surface area contributed by atoms with E-state index in [-0.39, 0.29) is 18.0 Å². The number of aromatic nitrogens is 1. The highest BCUT2D eigenvalue weighted by Gasteiger charge is 2.31. The molecule has 2 rings (SSSR count). The highest BCUT2D eigenvalue weighted by Crippen LogP contribution is 2.28. The van der Waals surface area contributed by atoms with Crippen LogP contribution in [0.5, 0.6) is 5.75 Å². The molecule has 3 N–H and O–H groups in total. The highest BCUT2D eigenvalue weighted by molar-refractivity contribution is 5.74. The first kappa shape index (κ1) is 14.7. The number of nitrogens with zero attached hydrogens (tertiary/aromatic N) is 2. The summed E-state index contributed by atoms with van der Waals surface area (Å²) in [7, 11) is 1.62. The highest BCUT2D eigenvalue weighted by atomic mass is 16.5. The number of hydrazine groups is 1. The molecule has 0 radical (unpaired) electrons. The fourth-order valence-corrected chi connectivity index (χ4v) is 2.44. The van der Waals surface area contributed by atoms with E-state index in [1.54, 1.807) is 13.3 Å². The maximum absolute atomic E-state index is 11.5. The van der Waals surface area contributed by atoms with Crippen LogP contribution in [0.25, 0.3) is 0 Å². The standard InChI is InChI=1S/C14H22N4O2/c1-3-13(19)17-18-8-4-5-11(14(18)15)12-7-6-10(20-2)9-16-12/h6-7,9,11,14H,3-5,8,15H2,1-2H3,(H,17,19). The number of carbonyl (C=O) groups excluding carboxylic acids is 1. The van der Waals surface area contributed by atoms with E-state index in [4.69, 9.17) is 10.5 Å². The summed E-state index contributed by atoms with van der Waals surface area (Å²) < 4.78 is 5.11. The van der Waals surface area contributed by atoms with Gasteiger partial charge in [0, 0.05) is 24.6 Å². The van der Waals surface area contributed by atoms with Crippen molar-refractivity contribution in [1.82, 2.24) is 15.4 Å².